The van der Waals surface area contributed by atoms with Crippen LogP contribution in [0.2, 0.25) is 0 Å². The molecule has 2 N–H and O–H groups in total. The maximum Gasteiger partial charge on any atom is 0.339 e. The quantitative estimate of drug-likeness (QED) is 0.803. The highest BCUT2D eigenvalue weighted by Gasteiger charge is 2.13. The fourth-order valence-corrected chi connectivity index (χ4v) is 2.32. The topological polar surface area (TPSA) is 62.5 Å². The van der Waals surface area contributed by atoms with Gasteiger partial charge in [-0.25, -0.2) is 4.79 Å². The van der Waals surface area contributed by atoms with Crippen LogP contribution < -0.4 is 5.32 Å². The Morgan fingerprint density at radius 2 is 2.16 bits per heavy atom. The number of hydrogen-bond acceptors (Lipinski definition) is 3. The van der Waals surface area contributed by atoms with E-state index in [2.05, 4.69) is 27.9 Å². The standard InChI is InChI=1S/C14H14INO3/c1-8-12(15)4-3-5-13(8)16-7-10-6-11(14(17)18)9(2)19-10/h3-6,16H,7H2,1-2H3,(H,17,18). The summed E-state index contributed by atoms with van der Waals surface area (Å²) < 4.78 is 6.61. The van der Waals surface area contributed by atoms with Crippen LogP contribution in [0.5, 0.6) is 0 Å². The molecule has 0 fully saturated rings. The molecule has 4 nitrogen and oxygen atoms in total. The number of aryl methyl sites for hydroxylation is 1. The number of carboxylic acid groups (broad SMARTS) is 1. The Kier molecular flexibility index (Phi) is 4.14. The van der Waals surface area contributed by atoms with Crippen molar-refractivity contribution in [1.29, 1.82) is 0 Å². The number of hydrogen-bond donors (Lipinski definition) is 2. The zero-order chi connectivity index (χ0) is 14.0. The van der Waals surface area contributed by atoms with E-state index in [1.807, 2.05) is 25.1 Å². The lowest BCUT2D eigenvalue weighted by molar-refractivity contribution is 0.0695. The highest BCUT2D eigenvalue weighted by atomic mass is 127. The first-order valence-corrected chi connectivity index (χ1v) is 6.88. The Bertz CT molecular complexity index is 619. The third kappa shape index (κ3) is 3.09. The first kappa shape index (κ1) is 13.9. The van der Waals surface area contributed by atoms with Gasteiger partial charge in [-0.05, 0) is 60.2 Å². The number of benzene rings is 1. The summed E-state index contributed by atoms with van der Waals surface area (Å²) in [5.74, 6) is 0.0924. The number of nitrogens with one attached hydrogen (secondary N) is 1. The fraction of sp³-hybridized carbons (Fsp3) is 0.214. The van der Waals surface area contributed by atoms with Crippen LogP contribution in [0.1, 0.15) is 27.4 Å². The zero-order valence-corrected chi connectivity index (χ0v) is 12.8. The third-order valence-electron chi connectivity index (χ3n) is 2.92. The number of carbonyl (C=O) groups is 1. The van der Waals surface area contributed by atoms with E-state index in [4.69, 9.17) is 9.52 Å². The van der Waals surface area contributed by atoms with Gasteiger partial charge in [0.15, 0.2) is 0 Å². The predicted molar refractivity (Wildman–Crippen MR) is 81.6 cm³/mol. The number of rotatable bonds is 4. The molecular formula is C14H14INO3. The lowest BCUT2D eigenvalue weighted by Gasteiger charge is -2.09. The molecule has 2 rings (SSSR count). The smallest absolute Gasteiger partial charge is 0.339 e. The number of aromatic carboxylic acids is 1. The Labute approximate surface area is 125 Å². The van der Waals surface area contributed by atoms with Crippen LogP contribution in [0.3, 0.4) is 0 Å². The van der Waals surface area contributed by atoms with Crippen molar-refractivity contribution in [3.05, 3.63) is 50.5 Å². The van der Waals surface area contributed by atoms with Crippen molar-refractivity contribution in [2.24, 2.45) is 0 Å². The summed E-state index contributed by atoms with van der Waals surface area (Å²) in [5, 5.41) is 12.2. The largest absolute Gasteiger partial charge is 0.478 e. The molecule has 0 amide bonds. The monoisotopic (exact) mass is 371 g/mol. The van der Waals surface area contributed by atoms with Crippen LogP contribution in [0.25, 0.3) is 0 Å². The lowest BCUT2D eigenvalue weighted by Crippen LogP contribution is -2.01. The van der Waals surface area contributed by atoms with Crippen LogP contribution in [-0.4, -0.2) is 11.1 Å². The third-order valence-corrected chi connectivity index (χ3v) is 4.09. The molecule has 0 spiro atoms. The van der Waals surface area contributed by atoms with Gasteiger partial charge in [0.05, 0.1) is 6.54 Å². The first-order chi connectivity index (χ1) is 8.99. The van der Waals surface area contributed by atoms with Gasteiger partial charge in [-0.2, -0.15) is 0 Å². The molecule has 1 aromatic heterocycles. The van der Waals surface area contributed by atoms with Gasteiger partial charge in [-0.1, -0.05) is 6.07 Å². The molecule has 0 atom stereocenters. The molecule has 0 saturated carbocycles. The van der Waals surface area contributed by atoms with Crippen molar-refractivity contribution in [3.8, 4) is 0 Å². The number of halogens is 1. The molecule has 1 heterocycles. The molecule has 2 aromatic rings. The molecular weight excluding hydrogens is 357 g/mol. The molecule has 0 unspecified atom stereocenters. The number of anilines is 1. The Hall–Kier alpha value is -1.50. The van der Waals surface area contributed by atoms with Crippen LogP contribution in [0.4, 0.5) is 5.69 Å². The highest BCUT2D eigenvalue weighted by molar-refractivity contribution is 14.1. The summed E-state index contributed by atoms with van der Waals surface area (Å²) in [7, 11) is 0. The van der Waals surface area contributed by atoms with Crippen LogP contribution in [0.15, 0.2) is 28.7 Å². The average molecular weight is 371 g/mol. The summed E-state index contributed by atoms with van der Waals surface area (Å²) in [4.78, 5) is 10.9. The molecule has 1 aromatic carbocycles. The van der Waals surface area contributed by atoms with Gasteiger partial charge in [0.2, 0.25) is 0 Å². The van der Waals surface area contributed by atoms with E-state index in [1.165, 1.54) is 9.13 Å². The van der Waals surface area contributed by atoms with Crippen molar-refractivity contribution >= 4 is 34.2 Å². The minimum absolute atomic E-state index is 0.219. The minimum Gasteiger partial charge on any atom is -0.478 e. The van der Waals surface area contributed by atoms with Gasteiger partial charge in [0.25, 0.3) is 0 Å². The number of carboxylic acids is 1. The fourth-order valence-electron chi connectivity index (χ4n) is 1.82. The van der Waals surface area contributed by atoms with Gasteiger partial charge in [0, 0.05) is 9.26 Å². The van der Waals surface area contributed by atoms with E-state index in [1.54, 1.807) is 13.0 Å². The minimum atomic E-state index is -0.960. The van der Waals surface area contributed by atoms with Crippen molar-refractivity contribution in [3.63, 3.8) is 0 Å². The van der Waals surface area contributed by atoms with Crippen LogP contribution in [0, 0.1) is 17.4 Å². The van der Waals surface area contributed by atoms with Crippen LogP contribution in [-0.2, 0) is 6.54 Å². The van der Waals surface area contributed by atoms with Crippen molar-refractivity contribution in [2.45, 2.75) is 20.4 Å². The number of furan rings is 1. The summed E-state index contributed by atoms with van der Waals surface area (Å²) in [5.41, 5.74) is 2.42. The maximum absolute atomic E-state index is 10.9. The van der Waals surface area contributed by atoms with Gasteiger partial charge >= 0.3 is 5.97 Å². The van der Waals surface area contributed by atoms with Gasteiger partial charge in [-0.3, -0.25) is 0 Å². The van der Waals surface area contributed by atoms with Crippen molar-refractivity contribution < 1.29 is 14.3 Å². The highest BCUT2D eigenvalue weighted by Crippen LogP contribution is 2.22. The summed E-state index contributed by atoms with van der Waals surface area (Å²) in [6.07, 6.45) is 0. The van der Waals surface area contributed by atoms with Gasteiger partial charge in [0.1, 0.15) is 17.1 Å². The van der Waals surface area contributed by atoms with Gasteiger partial charge < -0.3 is 14.8 Å². The predicted octanol–water partition coefficient (Wildman–Crippen LogP) is 3.81. The van der Waals surface area contributed by atoms with E-state index in [9.17, 15) is 4.79 Å². The molecule has 5 heteroatoms. The van der Waals surface area contributed by atoms with E-state index >= 15 is 0 Å². The molecule has 0 bridgehead atoms. The molecule has 0 aliphatic carbocycles. The van der Waals surface area contributed by atoms with E-state index in [0.717, 1.165) is 5.69 Å². The lowest BCUT2D eigenvalue weighted by atomic mass is 10.2. The Morgan fingerprint density at radius 3 is 2.79 bits per heavy atom. The van der Waals surface area contributed by atoms with E-state index in [-0.39, 0.29) is 5.56 Å². The zero-order valence-electron chi connectivity index (χ0n) is 10.7. The first-order valence-electron chi connectivity index (χ1n) is 5.80. The average Bonchev–Trinajstić information content (AvgIpc) is 2.73. The molecule has 100 valence electrons. The Morgan fingerprint density at radius 1 is 1.42 bits per heavy atom. The second kappa shape index (κ2) is 5.64. The molecule has 0 radical (unpaired) electrons. The summed E-state index contributed by atoms with van der Waals surface area (Å²) in [6, 6.07) is 7.58. The Balaban J connectivity index is 2.13. The van der Waals surface area contributed by atoms with E-state index in [0.29, 0.717) is 18.1 Å². The van der Waals surface area contributed by atoms with Crippen LogP contribution >= 0.6 is 22.6 Å². The van der Waals surface area contributed by atoms with Gasteiger partial charge in [-0.15, -0.1) is 0 Å². The molecule has 19 heavy (non-hydrogen) atoms. The second-order valence-corrected chi connectivity index (χ2v) is 5.42. The summed E-state index contributed by atoms with van der Waals surface area (Å²) in [6.45, 7) is 4.17. The van der Waals surface area contributed by atoms with Crippen molar-refractivity contribution in [1.82, 2.24) is 0 Å². The van der Waals surface area contributed by atoms with Crippen molar-refractivity contribution in [2.75, 3.05) is 5.32 Å². The maximum atomic E-state index is 10.9. The molecule has 0 aliphatic rings. The second-order valence-electron chi connectivity index (χ2n) is 4.25. The SMILES string of the molecule is Cc1oc(CNc2cccc(I)c2C)cc1C(=O)O. The molecule has 0 aliphatic heterocycles. The summed E-state index contributed by atoms with van der Waals surface area (Å²) >= 11 is 2.28. The van der Waals surface area contributed by atoms with E-state index < -0.39 is 5.97 Å². The molecule has 0 saturated heterocycles. The normalized spacial score (nSPS) is 10.5.